The number of nitrogens with one attached hydrogen (secondary N) is 1. The van der Waals surface area contributed by atoms with Crippen molar-refractivity contribution in [2.45, 2.75) is 57.8 Å². The Kier molecular flexibility index (Phi) is 3.84. The van der Waals surface area contributed by atoms with Crippen molar-refractivity contribution in [1.82, 2.24) is 10.3 Å². The van der Waals surface area contributed by atoms with Gasteiger partial charge in [-0.05, 0) is 19.3 Å². The summed E-state index contributed by atoms with van der Waals surface area (Å²) < 4.78 is 8.18. The molecule has 2 atom stereocenters. The molecule has 5 heteroatoms. The molecule has 16 heavy (non-hydrogen) atoms. The van der Waals surface area contributed by atoms with Gasteiger partial charge in [-0.25, -0.2) is 0 Å². The van der Waals surface area contributed by atoms with Gasteiger partial charge in [0.2, 0.25) is 5.69 Å². The van der Waals surface area contributed by atoms with Crippen molar-refractivity contribution in [2.75, 3.05) is 0 Å². The second-order valence-corrected chi connectivity index (χ2v) is 4.53. The summed E-state index contributed by atoms with van der Waals surface area (Å²) in [4.78, 5) is 0. The fraction of sp³-hybridized carbons (Fsp3) is 0.818. The molecule has 2 heterocycles. The molecule has 0 bridgehead atoms. The molecule has 1 aromatic heterocycles. The van der Waals surface area contributed by atoms with Crippen LogP contribution in [0.4, 0.5) is 0 Å². The van der Waals surface area contributed by atoms with Gasteiger partial charge in [-0.1, -0.05) is 18.6 Å². The van der Waals surface area contributed by atoms with Crippen LogP contribution in [-0.4, -0.2) is 16.4 Å². The zero-order valence-corrected chi connectivity index (χ0v) is 11.7. The van der Waals surface area contributed by atoms with Crippen molar-refractivity contribution in [3.63, 3.8) is 0 Å². The molecule has 3 rings (SSSR count). The van der Waals surface area contributed by atoms with Gasteiger partial charge in [0.1, 0.15) is 18.8 Å². The number of nitrogens with zero attached hydrogens (tertiary/aromatic N) is 2. The largest absolute Gasteiger partial charge is 1.00 e. The van der Waals surface area contributed by atoms with E-state index in [9.17, 15) is 0 Å². The highest BCUT2D eigenvalue weighted by atomic mass is 127. The van der Waals surface area contributed by atoms with Crippen LogP contribution in [0.2, 0.25) is 0 Å². The van der Waals surface area contributed by atoms with Gasteiger partial charge in [-0.3, -0.25) is 0 Å². The topological polar surface area (TPSA) is 41.8 Å². The van der Waals surface area contributed by atoms with Crippen LogP contribution >= 0.6 is 0 Å². The monoisotopic (exact) mass is 335 g/mol. The molecule has 1 aliphatic heterocycles. The number of hydrogen-bond acceptors (Lipinski definition) is 2. The fourth-order valence-corrected chi connectivity index (χ4v) is 2.84. The Labute approximate surface area is 113 Å². The minimum absolute atomic E-state index is 0. The number of H-pyrrole nitrogens is 1. The molecule has 0 spiro atoms. The van der Waals surface area contributed by atoms with Crippen LogP contribution in [0.1, 0.15) is 50.0 Å². The molecule has 4 nitrogen and oxygen atoms in total. The summed E-state index contributed by atoms with van der Waals surface area (Å²) in [7, 11) is 0. The molecule has 2 aliphatic rings. The fourth-order valence-electron chi connectivity index (χ4n) is 2.84. The van der Waals surface area contributed by atoms with Gasteiger partial charge in [-0.15, -0.1) is 0 Å². The molecule has 1 fully saturated rings. The number of fused-ring (bicyclic) bond motifs is 3. The van der Waals surface area contributed by atoms with Gasteiger partial charge in [0.15, 0.2) is 5.69 Å². The maximum atomic E-state index is 5.93. The Morgan fingerprint density at radius 1 is 1.44 bits per heavy atom. The highest BCUT2D eigenvalue weighted by Crippen LogP contribution is 2.30. The summed E-state index contributed by atoms with van der Waals surface area (Å²) in [6.45, 7) is 2.88. The molecule has 0 radical (unpaired) electrons. The van der Waals surface area contributed by atoms with Crippen LogP contribution in [0.5, 0.6) is 0 Å². The van der Waals surface area contributed by atoms with Crippen molar-refractivity contribution in [3.8, 4) is 0 Å². The van der Waals surface area contributed by atoms with Crippen molar-refractivity contribution in [1.29, 1.82) is 0 Å². The van der Waals surface area contributed by atoms with Crippen LogP contribution < -0.4 is 28.7 Å². The second kappa shape index (κ2) is 5.00. The predicted octanol–water partition coefficient (Wildman–Crippen LogP) is -1.72. The quantitative estimate of drug-likeness (QED) is 0.490. The smallest absolute Gasteiger partial charge is 0.223 e. The summed E-state index contributed by atoms with van der Waals surface area (Å²) in [5, 5.41) is 7.53. The normalized spacial score (nSPS) is 27.8. The van der Waals surface area contributed by atoms with Crippen LogP contribution in [0.15, 0.2) is 0 Å². The summed E-state index contributed by atoms with van der Waals surface area (Å²) in [6.07, 6.45) is 6.47. The average Bonchev–Trinajstić information content (AvgIpc) is 2.72. The molecule has 90 valence electrons. The highest BCUT2D eigenvalue weighted by Gasteiger charge is 2.39. The van der Waals surface area contributed by atoms with Gasteiger partial charge in [0.25, 0.3) is 0 Å². The van der Waals surface area contributed by atoms with E-state index in [-0.39, 0.29) is 24.0 Å². The number of halogens is 1. The Morgan fingerprint density at radius 3 is 3.06 bits per heavy atom. The number of aryl methyl sites for hydroxylation is 1. The number of aromatic amines is 1. The van der Waals surface area contributed by atoms with E-state index in [0.29, 0.717) is 12.1 Å². The standard InChI is InChI=1S/C11H17N3O.HI/c1-2-8-10-7-15-11-6-4-3-5-9(11)14(10)13-12-8;/h9,11H,2-7H2,1H3;1H. The minimum atomic E-state index is 0. The summed E-state index contributed by atoms with van der Waals surface area (Å²) >= 11 is 0. The first kappa shape index (κ1) is 12.3. The van der Waals surface area contributed by atoms with Crippen LogP contribution in [-0.2, 0) is 17.8 Å². The van der Waals surface area contributed by atoms with E-state index in [4.69, 9.17) is 4.74 Å². The lowest BCUT2D eigenvalue weighted by molar-refractivity contribution is -0.801. The Hall–Kier alpha value is -0.170. The molecule has 1 aromatic rings. The second-order valence-electron chi connectivity index (χ2n) is 4.53. The van der Waals surface area contributed by atoms with Crippen LogP contribution in [0, 0.1) is 0 Å². The zero-order chi connectivity index (χ0) is 10.3. The molecule has 0 saturated heterocycles. The van der Waals surface area contributed by atoms with Crippen LogP contribution in [0.3, 0.4) is 0 Å². The van der Waals surface area contributed by atoms with E-state index in [0.717, 1.165) is 13.0 Å². The first-order chi connectivity index (χ1) is 7.40. The molecular formula is C11H18IN3O. The highest BCUT2D eigenvalue weighted by molar-refractivity contribution is 5.03. The minimum Gasteiger partial charge on any atom is -1.00 e. The molecule has 1 N–H and O–H groups in total. The van der Waals surface area contributed by atoms with Crippen molar-refractivity contribution >= 4 is 0 Å². The van der Waals surface area contributed by atoms with Gasteiger partial charge < -0.3 is 28.7 Å². The van der Waals surface area contributed by atoms with Gasteiger partial charge in [-0.2, -0.15) is 4.68 Å². The van der Waals surface area contributed by atoms with Crippen molar-refractivity contribution in [3.05, 3.63) is 11.4 Å². The van der Waals surface area contributed by atoms with Gasteiger partial charge in [0, 0.05) is 11.5 Å². The molecule has 1 aliphatic carbocycles. The molecular weight excluding hydrogens is 317 g/mol. The van der Waals surface area contributed by atoms with Crippen LogP contribution in [0.25, 0.3) is 0 Å². The Morgan fingerprint density at radius 2 is 2.25 bits per heavy atom. The van der Waals surface area contributed by atoms with Gasteiger partial charge >= 0.3 is 0 Å². The number of rotatable bonds is 1. The van der Waals surface area contributed by atoms with E-state index in [2.05, 4.69) is 21.9 Å². The molecule has 0 aromatic carbocycles. The maximum Gasteiger partial charge on any atom is 0.223 e. The predicted molar refractivity (Wildman–Crippen MR) is 54.2 cm³/mol. The third-order valence-corrected chi connectivity index (χ3v) is 3.68. The van der Waals surface area contributed by atoms with E-state index in [1.165, 1.54) is 37.1 Å². The summed E-state index contributed by atoms with van der Waals surface area (Å²) in [5.74, 6) is 0. The Balaban J connectivity index is 0.000000963. The van der Waals surface area contributed by atoms with Crippen molar-refractivity contribution in [2.24, 2.45) is 0 Å². The first-order valence-electron chi connectivity index (χ1n) is 5.99. The number of hydrogen-bond donors (Lipinski definition) is 1. The molecule has 0 amide bonds. The number of ether oxygens (including phenoxy) is 1. The summed E-state index contributed by atoms with van der Waals surface area (Å²) in [5.41, 5.74) is 2.43. The number of aromatic nitrogens is 3. The zero-order valence-electron chi connectivity index (χ0n) is 9.58. The molecule has 2 unspecified atom stereocenters. The van der Waals surface area contributed by atoms with E-state index in [1.54, 1.807) is 0 Å². The third kappa shape index (κ3) is 1.88. The maximum absolute atomic E-state index is 5.93. The van der Waals surface area contributed by atoms with E-state index in [1.807, 2.05) is 0 Å². The Bertz CT molecular complexity index is 366. The third-order valence-electron chi connectivity index (χ3n) is 3.68. The first-order valence-corrected chi connectivity index (χ1v) is 5.99. The lowest BCUT2D eigenvalue weighted by Gasteiger charge is -2.32. The van der Waals surface area contributed by atoms with Crippen molar-refractivity contribution < 1.29 is 33.4 Å². The van der Waals surface area contributed by atoms with E-state index < -0.39 is 0 Å². The average molecular weight is 335 g/mol. The van der Waals surface area contributed by atoms with E-state index >= 15 is 0 Å². The molecule has 1 saturated carbocycles. The van der Waals surface area contributed by atoms with Gasteiger partial charge in [0.05, 0.1) is 0 Å². The lowest BCUT2D eigenvalue weighted by atomic mass is 9.91. The lowest BCUT2D eigenvalue weighted by Crippen LogP contribution is -3.00. The summed E-state index contributed by atoms with van der Waals surface area (Å²) in [6, 6.07) is 0.510. The SMILES string of the molecule is CCc1n[nH][n+]2c1COC1CCCCC12.[I-].